The van der Waals surface area contributed by atoms with Crippen LogP contribution in [0.5, 0.6) is 11.5 Å². The summed E-state index contributed by atoms with van der Waals surface area (Å²) >= 11 is 0. The van der Waals surface area contributed by atoms with Gasteiger partial charge in [0.1, 0.15) is 5.76 Å². The fourth-order valence-electron chi connectivity index (χ4n) is 2.66. The molecule has 0 bridgehead atoms. The second kappa shape index (κ2) is 6.16. The number of aliphatic hydroxyl groups excluding tert-OH is 1. The molecule has 1 unspecified atom stereocenters. The molecule has 2 aliphatic rings. The average Bonchev–Trinajstić information content (AvgIpc) is 3.13. The first-order valence-corrected chi connectivity index (χ1v) is 8.03. The molecule has 1 aliphatic carbocycles. The number of hydrogen-bond donors (Lipinski definition) is 2. The summed E-state index contributed by atoms with van der Waals surface area (Å²) in [6, 6.07) is 7.02. The zero-order chi connectivity index (χ0) is 16.5. The van der Waals surface area contributed by atoms with E-state index < -0.39 is 6.10 Å². The Kier molecular flexibility index (Phi) is 3.86. The zero-order valence-corrected chi connectivity index (χ0v) is 13.0. The first-order chi connectivity index (χ1) is 11.7. The lowest BCUT2D eigenvalue weighted by Crippen LogP contribution is -2.25. The van der Waals surface area contributed by atoms with E-state index in [4.69, 9.17) is 14.0 Å². The van der Waals surface area contributed by atoms with Crippen LogP contribution in [0.25, 0.3) is 0 Å². The minimum atomic E-state index is -0.695. The molecule has 7 heteroatoms. The number of amides is 1. The van der Waals surface area contributed by atoms with Crippen molar-refractivity contribution in [2.45, 2.75) is 31.3 Å². The molecule has 7 nitrogen and oxygen atoms in total. The van der Waals surface area contributed by atoms with Gasteiger partial charge in [0.05, 0.1) is 6.10 Å². The van der Waals surface area contributed by atoms with E-state index in [0.717, 1.165) is 24.2 Å². The second-order valence-electron chi connectivity index (χ2n) is 6.06. The van der Waals surface area contributed by atoms with E-state index in [1.807, 2.05) is 0 Å². The summed E-state index contributed by atoms with van der Waals surface area (Å²) < 4.78 is 15.7. The summed E-state index contributed by atoms with van der Waals surface area (Å²) in [5, 5.41) is 16.8. The predicted octanol–water partition coefficient (Wildman–Crippen LogP) is 2.13. The smallest absolute Gasteiger partial charge is 0.273 e. The van der Waals surface area contributed by atoms with E-state index in [-0.39, 0.29) is 18.4 Å². The molecule has 1 amide bonds. The van der Waals surface area contributed by atoms with Crippen molar-refractivity contribution in [3.8, 4) is 11.5 Å². The Bertz CT molecular complexity index is 753. The molecule has 1 aromatic carbocycles. The Morgan fingerprint density at radius 1 is 1.29 bits per heavy atom. The van der Waals surface area contributed by atoms with Crippen LogP contribution in [0.4, 0.5) is 0 Å². The van der Waals surface area contributed by atoms with E-state index in [9.17, 15) is 9.90 Å². The number of carbonyl (C=O) groups excluding carboxylic acids is 1. The molecule has 0 saturated heterocycles. The molecular weight excluding hydrogens is 312 g/mol. The van der Waals surface area contributed by atoms with Gasteiger partial charge >= 0.3 is 0 Å². The largest absolute Gasteiger partial charge is 0.454 e. The van der Waals surface area contributed by atoms with Gasteiger partial charge in [-0.3, -0.25) is 4.79 Å². The molecule has 126 valence electrons. The number of rotatable bonds is 6. The van der Waals surface area contributed by atoms with Crippen molar-refractivity contribution in [2.75, 3.05) is 13.3 Å². The van der Waals surface area contributed by atoms with Crippen LogP contribution in [0.15, 0.2) is 28.8 Å². The zero-order valence-electron chi connectivity index (χ0n) is 13.0. The molecule has 0 radical (unpaired) electrons. The minimum Gasteiger partial charge on any atom is -0.454 e. The van der Waals surface area contributed by atoms with Gasteiger partial charge in [-0.15, -0.1) is 0 Å². The molecule has 1 saturated carbocycles. The van der Waals surface area contributed by atoms with Crippen molar-refractivity contribution in [3.05, 3.63) is 41.3 Å². The fraction of sp³-hybridized carbons (Fsp3) is 0.412. The lowest BCUT2D eigenvalue weighted by molar-refractivity contribution is 0.0933. The van der Waals surface area contributed by atoms with E-state index in [2.05, 4.69) is 10.5 Å². The van der Waals surface area contributed by atoms with Crippen LogP contribution in [0, 0.1) is 0 Å². The van der Waals surface area contributed by atoms with E-state index in [1.54, 1.807) is 24.3 Å². The summed E-state index contributed by atoms with van der Waals surface area (Å²) in [4.78, 5) is 12.0. The molecule has 1 aliphatic heterocycles. The maximum atomic E-state index is 12.0. The van der Waals surface area contributed by atoms with Crippen LogP contribution in [-0.2, 0) is 0 Å². The molecule has 4 rings (SSSR count). The quantitative estimate of drug-likeness (QED) is 0.843. The van der Waals surface area contributed by atoms with Gasteiger partial charge in [-0.1, -0.05) is 11.2 Å². The molecule has 2 N–H and O–H groups in total. The topological polar surface area (TPSA) is 93.8 Å². The van der Waals surface area contributed by atoms with E-state index in [0.29, 0.717) is 30.4 Å². The van der Waals surface area contributed by atoms with Crippen molar-refractivity contribution in [2.24, 2.45) is 0 Å². The van der Waals surface area contributed by atoms with Crippen molar-refractivity contribution in [3.63, 3.8) is 0 Å². The Labute approximate surface area is 138 Å². The number of nitrogens with one attached hydrogen (secondary N) is 1. The number of ether oxygens (including phenoxy) is 2. The Hall–Kier alpha value is -2.54. The number of aliphatic hydroxyl groups is 1. The molecule has 2 heterocycles. The molecule has 0 spiro atoms. The van der Waals surface area contributed by atoms with Crippen LogP contribution in [-0.4, -0.2) is 29.5 Å². The van der Waals surface area contributed by atoms with E-state index in [1.165, 1.54) is 0 Å². The number of nitrogens with zero attached hydrogens (tertiary/aromatic N) is 1. The van der Waals surface area contributed by atoms with Gasteiger partial charge in [0, 0.05) is 18.5 Å². The van der Waals surface area contributed by atoms with Crippen molar-refractivity contribution < 1.29 is 23.9 Å². The maximum absolute atomic E-state index is 12.0. The normalized spacial score (nSPS) is 16.9. The third kappa shape index (κ3) is 3.07. The highest BCUT2D eigenvalue weighted by Crippen LogP contribution is 2.40. The molecule has 1 aromatic heterocycles. The first-order valence-electron chi connectivity index (χ1n) is 8.03. The number of aromatic nitrogens is 1. The van der Waals surface area contributed by atoms with Crippen molar-refractivity contribution in [1.82, 2.24) is 10.5 Å². The predicted molar refractivity (Wildman–Crippen MR) is 83.0 cm³/mol. The third-order valence-electron chi connectivity index (χ3n) is 4.23. The first kappa shape index (κ1) is 15.0. The monoisotopic (exact) mass is 330 g/mol. The number of hydrogen-bond acceptors (Lipinski definition) is 6. The number of carbonyl (C=O) groups is 1. The fourth-order valence-corrected chi connectivity index (χ4v) is 2.66. The highest BCUT2D eigenvalue weighted by atomic mass is 16.7. The summed E-state index contributed by atoms with van der Waals surface area (Å²) in [5.74, 6) is 2.22. The van der Waals surface area contributed by atoms with Gasteiger partial charge in [0.25, 0.3) is 5.91 Å². The van der Waals surface area contributed by atoms with E-state index >= 15 is 0 Å². The SMILES string of the molecule is O=C(NCCC(O)c1ccc2c(c1)OCO2)c1cc(C2CC2)on1. The average molecular weight is 330 g/mol. The standard InChI is InChI=1S/C17H18N2O5/c20-13(11-3-4-14-16(7-11)23-9-22-14)5-6-18-17(21)12-8-15(24-19-12)10-1-2-10/h3-4,7-8,10,13,20H,1-2,5-6,9H2,(H,18,21). The lowest BCUT2D eigenvalue weighted by atomic mass is 10.1. The number of fused-ring (bicyclic) bond motifs is 1. The minimum absolute atomic E-state index is 0.200. The second-order valence-corrected chi connectivity index (χ2v) is 6.06. The van der Waals surface area contributed by atoms with Crippen LogP contribution in [0.1, 0.15) is 53.1 Å². The summed E-state index contributed by atoms with van der Waals surface area (Å²) in [6.45, 7) is 0.533. The van der Waals surface area contributed by atoms with Gasteiger partial charge in [-0.05, 0) is 37.0 Å². The number of benzene rings is 1. The summed E-state index contributed by atoms with van der Waals surface area (Å²) in [5.41, 5.74) is 1.01. The highest BCUT2D eigenvalue weighted by molar-refractivity contribution is 5.92. The highest BCUT2D eigenvalue weighted by Gasteiger charge is 2.28. The molecule has 1 fully saturated rings. The van der Waals surface area contributed by atoms with Crippen LogP contribution in [0.2, 0.25) is 0 Å². The van der Waals surface area contributed by atoms with Gasteiger partial charge in [0.2, 0.25) is 6.79 Å². The van der Waals surface area contributed by atoms with Gasteiger partial charge < -0.3 is 24.4 Å². The third-order valence-corrected chi connectivity index (χ3v) is 4.23. The molecule has 1 atom stereocenters. The van der Waals surface area contributed by atoms with Crippen LogP contribution < -0.4 is 14.8 Å². The summed E-state index contributed by atoms with van der Waals surface area (Å²) in [7, 11) is 0. The maximum Gasteiger partial charge on any atom is 0.273 e. The Morgan fingerprint density at radius 3 is 2.96 bits per heavy atom. The Morgan fingerprint density at radius 2 is 2.12 bits per heavy atom. The van der Waals surface area contributed by atoms with Gasteiger partial charge in [0.15, 0.2) is 17.2 Å². The Balaban J connectivity index is 1.29. The van der Waals surface area contributed by atoms with Crippen LogP contribution in [0.3, 0.4) is 0 Å². The van der Waals surface area contributed by atoms with Crippen LogP contribution >= 0.6 is 0 Å². The lowest BCUT2D eigenvalue weighted by Gasteiger charge is -2.11. The van der Waals surface area contributed by atoms with Gasteiger partial charge in [-0.25, -0.2) is 0 Å². The molecule has 24 heavy (non-hydrogen) atoms. The summed E-state index contributed by atoms with van der Waals surface area (Å²) in [6.07, 6.45) is 1.88. The van der Waals surface area contributed by atoms with Crippen molar-refractivity contribution in [1.29, 1.82) is 0 Å². The van der Waals surface area contributed by atoms with Gasteiger partial charge in [-0.2, -0.15) is 0 Å². The molecular formula is C17H18N2O5. The molecule has 2 aromatic rings. The van der Waals surface area contributed by atoms with Crippen molar-refractivity contribution >= 4 is 5.91 Å².